The van der Waals surface area contributed by atoms with Gasteiger partial charge in [0.2, 0.25) is 0 Å². The average Bonchev–Trinajstić information content (AvgIpc) is 2.79. The van der Waals surface area contributed by atoms with Crippen LogP contribution in [0.25, 0.3) is 0 Å². The summed E-state index contributed by atoms with van der Waals surface area (Å²) < 4.78 is 5.83. The molecule has 1 aromatic rings. The number of hydrogen-bond acceptors (Lipinski definition) is 3. The van der Waals surface area contributed by atoms with Crippen LogP contribution in [-0.4, -0.2) is 19.2 Å². The summed E-state index contributed by atoms with van der Waals surface area (Å²) in [5.41, 5.74) is 0. The summed E-state index contributed by atoms with van der Waals surface area (Å²) in [5, 5.41) is 5.76. The van der Waals surface area contributed by atoms with E-state index in [-0.39, 0.29) is 0 Å². The van der Waals surface area contributed by atoms with Gasteiger partial charge >= 0.3 is 0 Å². The van der Waals surface area contributed by atoms with E-state index >= 15 is 0 Å². The molecule has 2 atom stereocenters. The van der Waals surface area contributed by atoms with Crippen LogP contribution < -0.4 is 5.32 Å². The van der Waals surface area contributed by atoms with Crippen LogP contribution in [0.3, 0.4) is 0 Å². The first kappa shape index (κ1) is 9.82. The quantitative estimate of drug-likeness (QED) is 0.847. The average molecular weight is 223 g/mol. The van der Waals surface area contributed by atoms with Crippen LogP contribution in [0.15, 0.2) is 17.5 Å². The van der Waals surface area contributed by atoms with Crippen LogP contribution in [0.5, 0.6) is 0 Å². The van der Waals surface area contributed by atoms with Gasteiger partial charge in [-0.3, -0.25) is 0 Å². The largest absolute Gasteiger partial charge is 0.372 e. The van der Waals surface area contributed by atoms with Gasteiger partial charge in [-0.05, 0) is 30.7 Å². The van der Waals surface area contributed by atoms with Gasteiger partial charge in [-0.15, -0.1) is 11.3 Å². The zero-order valence-corrected chi connectivity index (χ0v) is 9.63. The fraction of sp³-hybridized carbons (Fsp3) is 0.667. The van der Waals surface area contributed by atoms with E-state index in [2.05, 4.69) is 22.8 Å². The van der Waals surface area contributed by atoms with Crippen LogP contribution in [0.4, 0.5) is 0 Å². The van der Waals surface area contributed by atoms with E-state index in [1.807, 2.05) is 11.3 Å². The lowest BCUT2D eigenvalue weighted by Gasteiger charge is -2.17. The molecule has 0 spiro atoms. The summed E-state index contributed by atoms with van der Waals surface area (Å²) in [6.07, 6.45) is 4.31. The third-order valence-electron chi connectivity index (χ3n) is 3.28. The maximum atomic E-state index is 5.83. The second-order valence-electron chi connectivity index (χ2n) is 4.54. The first-order chi connectivity index (χ1) is 7.43. The van der Waals surface area contributed by atoms with Crippen LogP contribution in [-0.2, 0) is 4.74 Å². The fourth-order valence-corrected chi connectivity index (χ4v) is 3.08. The highest BCUT2D eigenvalue weighted by atomic mass is 32.1. The highest BCUT2D eigenvalue weighted by Crippen LogP contribution is 2.36. The fourth-order valence-electron chi connectivity index (χ4n) is 2.22. The zero-order valence-electron chi connectivity index (χ0n) is 8.82. The third-order valence-corrected chi connectivity index (χ3v) is 4.22. The van der Waals surface area contributed by atoms with Gasteiger partial charge in [0, 0.05) is 30.0 Å². The normalized spacial score (nSPS) is 30.9. The first-order valence-electron chi connectivity index (χ1n) is 5.82. The molecule has 1 N–H and O–H groups in total. The number of thiophene rings is 1. The first-order valence-corrected chi connectivity index (χ1v) is 6.70. The predicted molar refractivity (Wildman–Crippen MR) is 62.1 cm³/mol. The van der Waals surface area contributed by atoms with Crippen molar-refractivity contribution in [2.45, 2.75) is 31.4 Å². The van der Waals surface area contributed by atoms with E-state index in [0.717, 1.165) is 19.2 Å². The highest BCUT2D eigenvalue weighted by molar-refractivity contribution is 7.10. The molecule has 1 saturated heterocycles. The van der Waals surface area contributed by atoms with Crippen molar-refractivity contribution in [3.05, 3.63) is 22.4 Å². The van der Waals surface area contributed by atoms with Crippen molar-refractivity contribution in [1.82, 2.24) is 5.32 Å². The maximum absolute atomic E-state index is 5.83. The van der Waals surface area contributed by atoms with Gasteiger partial charge in [0.15, 0.2) is 0 Å². The van der Waals surface area contributed by atoms with Gasteiger partial charge < -0.3 is 10.1 Å². The van der Waals surface area contributed by atoms with E-state index in [1.165, 1.54) is 24.1 Å². The zero-order chi connectivity index (χ0) is 10.1. The van der Waals surface area contributed by atoms with E-state index < -0.39 is 0 Å². The lowest BCUT2D eigenvalue weighted by Crippen LogP contribution is -2.26. The second kappa shape index (κ2) is 4.24. The smallest absolute Gasteiger partial charge is 0.0957 e. The molecule has 1 aliphatic carbocycles. The van der Waals surface area contributed by atoms with Crippen molar-refractivity contribution in [2.24, 2.45) is 5.92 Å². The molecule has 2 nitrogen and oxygen atoms in total. The number of nitrogens with one attached hydrogen (secondary N) is 1. The molecule has 1 aliphatic heterocycles. The minimum absolute atomic E-state index is 0.358. The molecule has 2 heterocycles. The lowest BCUT2D eigenvalue weighted by atomic mass is 10.0. The van der Waals surface area contributed by atoms with E-state index in [9.17, 15) is 0 Å². The van der Waals surface area contributed by atoms with E-state index in [1.54, 1.807) is 0 Å². The van der Waals surface area contributed by atoms with Crippen LogP contribution in [0.1, 0.15) is 30.2 Å². The Labute approximate surface area is 94.6 Å². The van der Waals surface area contributed by atoms with Crippen molar-refractivity contribution < 1.29 is 4.74 Å². The third kappa shape index (κ3) is 2.25. The molecule has 0 bridgehead atoms. The Morgan fingerprint density at radius 3 is 3.07 bits per heavy atom. The molecule has 2 fully saturated rings. The van der Waals surface area contributed by atoms with Gasteiger partial charge in [-0.2, -0.15) is 0 Å². The second-order valence-corrected chi connectivity index (χ2v) is 5.52. The van der Waals surface area contributed by atoms with Crippen molar-refractivity contribution >= 4 is 11.3 Å². The molecular weight excluding hydrogens is 206 g/mol. The summed E-state index contributed by atoms with van der Waals surface area (Å²) in [5.74, 6) is 0.684. The summed E-state index contributed by atoms with van der Waals surface area (Å²) in [6, 6.07) is 5.13. The molecule has 15 heavy (non-hydrogen) atoms. The van der Waals surface area contributed by atoms with Crippen molar-refractivity contribution in [1.29, 1.82) is 0 Å². The molecule has 3 rings (SSSR count). The SMILES string of the molecule is c1csc(C2OCCC2CNC2CC2)c1. The Hall–Kier alpha value is -0.380. The van der Waals surface area contributed by atoms with Gasteiger partial charge in [0.1, 0.15) is 0 Å². The number of hydrogen-bond donors (Lipinski definition) is 1. The Balaban J connectivity index is 1.61. The van der Waals surface area contributed by atoms with Gasteiger partial charge in [0.25, 0.3) is 0 Å². The van der Waals surface area contributed by atoms with Crippen LogP contribution >= 0.6 is 11.3 Å². The molecule has 1 aromatic heterocycles. The molecule has 2 unspecified atom stereocenters. The summed E-state index contributed by atoms with van der Waals surface area (Å²) in [4.78, 5) is 1.40. The summed E-state index contributed by atoms with van der Waals surface area (Å²) in [6.45, 7) is 2.06. The molecule has 0 radical (unpaired) electrons. The van der Waals surface area contributed by atoms with Crippen LogP contribution in [0, 0.1) is 5.92 Å². The minimum Gasteiger partial charge on any atom is -0.372 e. The van der Waals surface area contributed by atoms with Gasteiger partial charge in [-0.1, -0.05) is 6.07 Å². The lowest BCUT2D eigenvalue weighted by molar-refractivity contribution is 0.0933. The standard InChI is InChI=1S/C12H17NOS/c1-2-11(15-7-1)12-9(5-6-14-12)8-13-10-3-4-10/h1-2,7,9-10,12-13H,3-6,8H2. The van der Waals surface area contributed by atoms with Gasteiger partial charge in [-0.25, -0.2) is 0 Å². The Morgan fingerprint density at radius 2 is 2.33 bits per heavy atom. The molecule has 3 heteroatoms. The molecule has 0 aromatic carbocycles. The Bertz CT molecular complexity index is 307. The van der Waals surface area contributed by atoms with Gasteiger partial charge in [0.05, 0.1) is 6.10 Å². The topological polar surface area (TPSA) is 21.3 Å². The van der Waals surface area contributed by atoms with E-state index in [4.69, 9.17) is 4.74 Å². The van der Waals surface area contributed by atoms with Crippen molar-refractivity contribution in [3.63, 3.8) is 0 Å². The molecule has 0 amide bonds. The molecule has 2 aliphatic rings. The maximum Gasteiger partial charge on any atom is 0.0957 e. The highest BCUT2D eigenvalue weighted by Gasteiger charge is 2.31. The summed E-state index contributed by atoms with van der Waals surface area (Å²) in [7, 11) is 0. The minimum atomic E-state index is 0.358. The van der Waals surface area contributed by atoms with Crippen molar-refractivity contribution in [3.8, 4) is 0 Å². The van der Waals surface area contributed by atoms with E-state index in [0.29, 0.717) is 12.0 Å². The predicted octanol–water partition coefficient (Wildman–Crippen LogP) is 2.58. The molecule has 82 valence electrons. The molecular formula is C12H17NOS. The van der Waals surface area contributed by atoms with Crippen molar-refractivity contribution in [2.75, 3.05) is 13.2 Å². The number of rotatable bonds is 4. The summed E-state index contributed by atoms with van der Waals surface area (Å²) >= 11 is 1.82. The Morgan fingerprint density at radius 1 is 1.40 bits per heavy atom. The monoisotopic (exact) mass is 223 g/mol. The number of ether oxygens (including phenoxy) is 1. The molecule has 1 saturated carbocycles. The Kier molecular flexibility index (Phi) is 2.77. The van der Waals surface area contributed by atoms with Crippen LogP contribution in [0.2, 0.25) is 0 Å².